The third kappa shape index (κ3) is 2.53. The van der Waals surface area contributed by atoms with Gasteiger partial charge in [0.1, 0.15) is 5.69 Å². The molecule has 0 N–H and O–H groups in total. The van der Waals surface area contributed by atoms with Gasteiger partial charge in [-0.3, -0.25) is 0 Å². The SMILES string of the molecule is ClC(Cl)=Nc1c(Cl)cccc1Cl. The monoisotopic (exact) mass is 241 g/mol. The van der Waals surface area contributed by atoms with Gasteiger partial charge in [0, 0.05) is 0 Å². The molecule has 0 aliphatic rings. The molecule has 0 fully saturated rings. The Bertz CT molecular complexity index is 297. The highest BCUT2D eigenvalue weighted by Gasteiger charge is 2.03. The summed E-state index contributed by atoms with van der Waals surface area (Å²) >= 11 is 22.2. The van der Waals surface area contributed by atoms with Gasteiger partial charge in [0.05, 0.1) is 10.0 Å². The van der Waals surface area contributed by atoms with Crippen molar-refractivity contribution in [2.45, 2.75) is 0 Å². The molecule has 0 aliphatic heterocycles. The first kappa shape index (κ1) is 10.1. The van der Waals surface area contributed by atoms with Crippen LogP contribution in [-0.2, 0) is 0 Å². The second kappa shape index (κ2) is 4.33. The van der Waals surface area contributed by atoms with E-state index in [-0.39, 0.29) is 4.63 Å². The molecule has 64 valence electrons. The van der Waals surface area contributed by atoms with Gasteiger partial charge in [0.15, 0.2) is 4.63 Å². The Morgan fingerprint density at radius 2 is 1.58 bits per heavy atom. The Labute approximate surface area is 89.9 Å². The van der Waals surface area contributed by atoms with Gasteiger partial charge in [-0.05, 0) is 35.3 Å². The molecule has 1 nitrogen and oxygen atoms in total. The van der Waals surface area contributed by atoms with Crippen LogP contribution in [0.15, 0.2) is 23.2 Å². The minimum atomic E-state index is -0.120. The van der Waals surface area contributed by atoms with Gasteiger partial charge in [-0.1, -0.05) is 29.3 Å². The molecule has 5 heteroatoms. The van der Waals surface area contributed by atoms with Crippen LogP contribution in [0.1, 0.15) is 0 Å². The number of benzene rings is 1. The molecule has 0 aliphatic carbocycles. The van der Waals surface area contributed by atoms with Gasteiger partial charge in [-0.25, -0.2) is 4.99 Å². The molecule has 1 rings (SSSR count). The number of nitrogens with zero attached hydrogens (tertiary/aromatic N) is 1. The number of hydrogen-bond acceptors (Lipinski definition) is 1. The van der Waals surface area contributed by atoms with E-state index >= 15 is 0 Å². The number of rotatable bonds is 1. The van der Waals surface area contributed by atoms with Crippen molar-refractivity contribution in [1.29, 1.82) is 0 Å². The lowest BCUT2D eigenvalue weighted by Crippen LogP contribution is -1.74. The van der Waals surface area contributed by atoms with Crippen molar-refractivity contribution in [3.8, 4) is 0 Å². The molecule has 0 atom stereocenters. The first-order chi connectivity index (χ1) is 5.61. The smallest absolute Gasteiger partial charge is 0.197 e. The van der Waals surface area contributed by atoms with E-state index in [1.807, 2.05) is 0 Å². The number of aliphatic imine (C=N–C) groups is 1. The van der Waals surface area contributed by atoms with Gasteiger partial charge in [-0.2, -0.15) is 0 Å². The van der Waals surface area contributed by atoms with Crippen LogP contribution in [-0.4, -0.2) is 4.63 Å². The Kier molecular flexibility index (Phi) is 3.66. The molecule has 12 heavy (non-hydrogen) atoms. The molecule has 0 saturated carbocycles. The van der Waals surface area contributed by atoms with Crippen molar-refractivity contribution >= 4 is 56.7 Å². The van der Waals surface area contributed by atoms with Crippen LogP contribution < -0.4 is 0 Å². The summed E-state index contributed by atoms with van der Waals surface area (Å²) in [5.74, 6) is 0. The summed E-state index contributed by atoms with van der Waals surface area (Å²) in [4.78, 5) is 3.74. The second-order valence-electron chi connectivity index (χ2n) is 1.92. The van der Waals surface area contributed by atoms with Gasteiger partial charge in [-0.15, -0.1) is 0 Å². The normalized spacial score (nSPS) is 9.67. The summed E-state index contributed by atoms with van der Waals surface area (Å²) < 4.78 is -0.120. The predicted molar refractivity (Wildman–Crippen MR) is 55.3 cm³/mol. The van der Waals surface area contributed by atoms with Crippen LogP contribution in [0.4, 0.5) is 5.69 Å². The van der Waals surface area contributed by atoms with Crippen molar-refractivity contribution in [1.82, 2.24) is 0 Å². The minimum absolute atomic E-state index is 0.120. The highest BCUT2D eigenvalue weighted by molar-refractivity contribution is 6.95. The lowest BCUT2D eigenvalue weighted by molar-refractivity contribution is 1.54. The molecule has 0 aromatic heterocycles. The van der Waals surface area contributed by atoms with E-state index in [1.165, 1.54) is 0 Å². The Hall–Kier alpha value is 0.0500. The standard InChI is InChI=1S/C7H3Cl4N/c8-4-2-1-3-5(9)6(4)12-7(10)11/h1-3H. The van der Waals surface area contributed by atoms with E-state index in [4.69, 9.17) is 46.4 Å². The van der Waals surface area contributed by atoms with Crippen molar-refractivity contribution in [2.24, 2.45) is 4.99 Å². The van der Waals surface area contributed by atoms with E-state index in [9.17, 15) is 0 Å². The maximum atomic E-state index is 5.76. The molecule has 1 aromatic rings. The molecule has 0 bridgehead atoms. The Morgan fingerprint density at radius 1 is 1.08 bits per heavy atom. The van der Waals surface area contributed by atoms with Crippen LogP contribution in [0.2, 0.25) is 10.0 Å². The summed E-state index contributed by atoms with van der Waals surface area (Å²) in [6.07, 6.45) is 0. The van der Waals surface area contributed by atoms with Crippen molar-refractivity contribution in [3.63, 3.8) is 0 Å². The fraction of sp³-hybridized carbons (Fsp3) is 0. The molecule has 0 unspecified atom stereocenters. The topological polar surface area (TPSA) is 12.4 Å². The first-order valence-electron chi connectivity index (χ1n) is 2.95. The molecule has 0 radical (unpaired) electrons. The average molecular weight is 243 g/mol. The van der Waals surface area contributed by atoms with Crippen LogP contribution in [0.5, 0.6) is 0 Å². The van der Waals surface area contributed by atoms with Crippen molar-refractivity contribution in [3.05, 3.63) is 28.2 Å². The van der Waals surface area contributed by atoms with E-state index in [1.54, 1.807) is 18.2 Å². The Morgan fingerprint density at radius 3 is 2.00 bits per heavy atom. The largest absolute Gasteiger partial charge is 0.222 e. The van der Waals surface area contributed by atoms with Crippen LogP contribution >= 0.6 is 46.4 Å². The average Bonchev–Trinajstić information content (AvgIpc) is 1.97. The van der Waals surface area contributed by atoms with E-state index in [0.717, 1.165) is 0 Å². The zero-order valence-electron chi connectivity index (χ0n) is 5.69. The van der Waals surface area contributed by atoms with Crippen molar-refractivity contribution in [2.75, 3.05) is 0 Å². The van der Waals surface area contributed by atoms with Gasteiger partial charge in [0.2, 0.25) is 0 Å². The maximum absolute atomic E-state index is 5.76. The first-order valence-corrected chi connectivity index (χ1v) is 4.46. The molecule has 0 spiro atoms. The van der Waals surface area contributed by atoms with Crippen LogP contribution in [0.3, 0.4) is 0 Å². The fourth-order valence-corrected chi connectivity index (χ4v) is 1.33. The van der Waals surface area contributed by atoms with Crippen LogP contribution in [0.25, 0.3) is 0 Å². The molecule has 0 heterocycles. The van der Waals surface area contributed by atoms with E-state index < -0.39 is 0 Å². The summed E-state index contributed by atoms with van der Waals surface area (Å²) in [5.41, 5.74) is 0.390. The summed E-state index contributed by atoms with van der Waals surface area (Å²) in [5, 5.41) is 0.836. The molecule has 0 saturated heterocycles. The summed E-state index contributed by atoms with van der Waals surface area (Å²) in [6.45, 7) is 0. The zero-order valence-corrected chi connectivity index (χ0v) is 8.71. The third-order valence-corrected chi connectivity index (χ3v) is 1.91. The Balaban J connectivity index is 3.22. The molecule has 0 amide bonds. The van der Waals surface area contributed by atoms with Crippen molar-refractivity contribution < 1.29 is 0 Å². The summed E-state index contributed by atoms with van der Waals surface area (Å²) in [6, 6.07) is 5.03. The third-order valence-electron chi connectivity index (χ3n) is 1.13. The number of para-hydroxylation sites is 1. The lowest BCUT2D eigenvalue weighted by Gasteiger charge is -1.99. The summed E-state index contributed by atoms with van der Waals surface area (Å²) in [7, 11) is 0. The highest BCUT2D eigenvalue weighted by atomic mass is 35.5. The molecular weight excluding hydrogens is 240 g/mol. The van der Waals surface area contributed by atoms with Gasteiger partial charge >= 0.3 is 0 Å². The molecule has 1 aromatic carbocycles. The van der Waals surface area contributed by atoms with Crippen LogP contribution in [0, 0.1) is 0 Å². The maximum Gasteiger partial charge on any atom is 0.197 e. The van der Waals surface area contributed by atoms with Gasteiger partial charge in [0.25, 0.3) is 0 Å². The van der Waals surface area contributed by atoms with E-state index in [0.29, 0.717) is 15.7 Å². The number of halogens is 4. The zero-order chi connectivity index (χ0) is 9.14. The second-order valence-corrected chi connectivity index (χ2v) is 3.65. The fourth-order valence-electron chi connectivity index (χ4n) is 0.680. The lowest BCUT2D eigenvalue weighted by atomic mass is 10.3. The molecular formula is C7H3Cl4N. The predicted octanol–water partition coefficient (Wildman–Crippen LogP) is 4.46. The van der Waals surface area contributed by atoms with E-state index in [2.05, 4.69) is 4.99 Å². The highest BCUT2D eigenvalue weighted by Crippen LogP contribution is 2.33. The van der Waals surface area contributed by atoms with Gasteiger partial charge < -0.3 is 0 Å². The number of hydrogen-bond donors (Lipinski definition) is 0. The minimum Gasteiger partial charge on any atom is -0.222 e. The quantitative estimate of drug-likeness (QED) is 0.645.